The van der Waals surface area contributed by atoms with Crippen LogP contribution in [0.5, 0.6) is 0 Å². The standard InChI is InChI=1S/C14H20ClN5O/c1-11(2)10-20-14(21)13(15)12(9-18-20)16-5-3-7-19-8-4-6-17-19/h4,6,8-9,11,16H,3,5,7,10H2,1-2H3. The van der Waals surface area contributed by atoms with E-state index in [0.29, 0.717) is 24.7 Å². The van der Waals surface area contributed by atoms with Gasteiger partial charge >= 0.3 is 0 Å². The van der Waals surface area contributed by atoms with Crippen LogP contribution in [0.2, 0.25) is 5.02 Å². The Morgan fingerprint density at radius 1 is 1.38 bits per heavy atom. The minimum Gasteiger partial charge on any atom is -0.382 e. The minimum atomic E-state index is -0.248. The van der Waals surface area contributed by atoms with Crippen molar-refractivity contribution in [3.8, 4) is 0 Å². The van der Waals surface area contributed by atoms with Gasteiger partial charge in [-0.2, -0.15) is 10.2 Å². The molecule has 0 aromatic carbocycles. The molecule has 2 heterocycles. The molecule has 0 saturated carbocycles. The second-order valence-corrected chi connectivity index (χ2v) is 5.68. The van der Waals surface area contributed by atoms with Gasteiger partial charge in [-0.25, -0.2) is 4.68 Å². The Labute approximate surface area is 128 Å². The highest BCUT2D eigenvalue weighted by molar-refractivity contribution is 6.32. The van der Waals surface area contributed by atoms with Crippen molar-refractivity contribution < 1.29 is 0 Å². The topological polar surface area (TPSA) is 64.7 Å². The lowest BCUT2D eigenvalue weighted by Gasteiger charge is -2.11. The highest BCUT2D eigenvalue weighted by atomic mass is 35.5. The Hall–Kier alpha value is -1.82. The maximum absolute atomic E-state index is 12.1. The highest BCUT2D eigenvalue weighted by Gasteiger charge is 2.09. The molecule has 7 heteroatoms. The molecule has 0 amide bonds. The number of aromatic nitrogens is 4. The number of anilines is 1. The molecule has 0 saturated heterocycles. The summed E-state index contributed by atoms with van der Waals surface area (Å²) in [6, 6.07) is 1.89. The first-order chi connectivity index (χ1) is 10.1. The summed E-state index contributed by atoms with van der Waals surface area (Å²) in [5.74, 6) is 0.346. The average molecular weight is 310 g/mol. The molecule has 0 radical (unpaired) electrons. The van der Waals surface area contributed by atoms with Gasteiger partial charge in [0.05, 0.1) is 11.9 Å². The van der Waals surface area contributed by atoms with Crippen molar-refractivity contribution in [3.63, 3.8) is 0 Å². The van der Waals surface area contributed by atoms with Crippen LogP contribution in [0.3, 0.4) is 0 Å². The molecule has 21 heavy (non-hydrogen) atoms. The van der Waals surface area contributed by atoms with Crippen molar-refractivity contribution in [2.75, 3.05) is 11.9 Å². The van der Waals surface area contributed by atoms with Crippen LogP contribution in [0.1, 0.15) is 20.3 Å². The molecule has 0 fully saturated rings. The molecule has 6 nitrogen and oxygen atoms in total. The van der Waals surface area contributed by atoms with Gasteiger partial charge in [0.1, 0.15) is 5.02 Å². The Bertz CT molecular complexity index is 621. The fraction of sp³-hybridized carbons (Fsp3) is 0.500. The van der Waals surface area contributed by atoms with Crippen LogP contribution in [-0.4, -0.2) is 26.1 Å². The first-order valence-electron chi connectivity index (χ1n) is 7.05. The van der Waals surface area contributed by atoms with Gasteiger partial charge < -0.3 is 5.32 Å². The SMILES string of the molecule is CC(C)Cn1ncc(NCCCn2cccn2)c(Cl)c1=O. The quantitative estimate of drug-likeness (QED) is 0.797. The summed E-state index contributed by atoms with van der Waals surface area (Å²) in [7, 11) is 0. The lowest BCUT2D eigenvalue weighted by atomic mass is 10.2. The van der Waals surface area contributed by atoms with Crippen LogP contribution in [-0.2, 0) is 13.1 Å². The van der Waals surface area contributed by atoms with Crippen molar-refractivity contribution in [2.45, 2.75) is 33.4 Å². The number of rotatable bonds is 7. The Balaban J connectivity index is 1.91. The van der Waals surface area contributed by atoms with E-state index in [1.165, 1.54) is 4.68 Å². The van der Waals surface area contributed by atoms with Gasteiger partial charge in [0.25, 0.3) is 5.56 Å². The third-order valence-corrected chi connectivity index (χ3v) is 3.33. The van der Waals surface area contributed by atoms with Crippen LogP contribution < -0.4 is 10.9 Å². The van der Waals surface area contributed by atoms with Crippen LogP contribution in [0.4, 0.5) is 5.69 Å². The van der Waals surface area contributed by atoms with E-state index in [9.17, 15) is 4.79 Å². The van der Waals surface area contributed by atoms with Crippen molar-refractivity contribution in [2.24, 2.45) is 5.92 Å². The first kappa shape index (κ1) is 15.6. The largest absolute Gasteiger partial charge is 0.382 e. The van der Waals surface area contributed by atoms with E-state index < -0.39 is 0 Å². The summed E-state index contributed by atoms with van der Waals surface area (Å²) >= 11 is 6.11. The summed E-state index contributed by atoms with van der Waals surface area (Å²) in [5, 5.41) is 11.6. The van der Waals surface area contributed by atoms with Gasteiger partial charge in [0, 0.05) is 32.0 Å². The molecule has 1 N–H and O–H groups in total. The predicted octanol–water partition coefficient (Wildman–Crippen LogP) is 2.25. The molecule has 2 rings (SSSR count). The van der Waals surface area contributed by atoms with Crippen LogP contribution in [0, 0.1) is 5.92 Å². The van der Waals surface area contributed by atoms with Crippen LogP contribution in [0.25, 0.3) is 0 Å². The summed E-state index contributed by atoms with van der Waals surface area (Å²) in [4.78, 5) is 12.1. The predicted molar refractivity (Wildman–Crippen MR) is 83.7 cm³/mol. The molecule has 0 atom stereocenters. The molecule has 0 unspecified atom stereocenters. The Morgan fingerprint density at radius 3 is 2.86 bits per heavy atom. The second-order valence-electron chi connectivity index (χ2n) is 5.30. The number of hydrogen-bond donors (Lipinski definition) is 1. The van der Waals surface area contributed by atoms with Gasteiger partial charge in [0.15, 0.2) is 0 Å². The lowest BCUT2D eigenvalue weighted by molar-refractivity contribution is 0.464. The highest BCUT2D eigenvalue weighted by Crippen LogP contribution is 2.15. The summed E-state index contributed by atoms with van der Waals surface area (Å²) in [5.41, 5.74) is 0.338. The van der Waals surface area contributed by atoms with Gasteiger partial charge in [-0.3, -0.25) is 9.48 Å². The normalized spacial score (nSPS) is 11.0. The maximum atomic E-state index is 12.1. The lowest BCUT2D eigenvalue weighted by Crippen LogP contribution is -2.26. The molecule has 0 aliphatic heterocycles. The van der Waals surface area contributed by atoms with E-state index >= 15 is 0 Å². The molecular weight excluding hydrogens is 290 g/mol. The summed E-state index contributed by atoms with van der Waals surface area (Å²) in [6.45, 7) is 6.15. The monoisotopic (exact) mass is 309 g/mol. The van der Waals surface area contributed by atoms with E-state index in [0.717, 1.165) is 13.0 Å². The molecule has 0 spiro atoms. The zero-order valence-electron chi connectivity index (χ0n) is 12.3. The Morgan fingerprint density at radius 2 is 2.19 bits per heavy atom. The molecule has 0 aliphatic carbocycles. The molecule has 0 bridgehead atoms. The number of hydrogen-bond acceptors (Lipinski definition) is 4. The average Bonchev–Trinajstić information content (AvgIpc) is 2.95. The van der Waals surface area contributed by atoms with Gasteiger partial charge in [-0.05, 0) is 18.4 Å². The molecular formula is C14H20ClN5O. The number of nitrogens with zero attached hydrogens (tertiary/aromatic N) is 4. The smallest absolute Gasteiger partial charge is 0.287 e. The van der Waals surface area contributed by atoms with E-state index in [1.807, 2.05) is 30.8 Å². The maximum Gasteiger partial charge on any atom is 0.287 e. The zero-order valence-corrected chi connectivity index (χ0v) is 13.0. The Kier molecular flexibility index (Phi) is 5.38. The number of aryl methyl sites for hydroxylation is 1. The zero-order chi connectivity index (χ0) is 15.2. The molecule has 114 valence electrons. The van der Waals surface area contributed by atoms with Gasteiger partial charge in [0.2, 0.25) is 0 Å². The fourth-order valence-electron chi connectivity index (χ4n) is 1.96. The summed E-state index contributed by atoms with van der Waals surface area (Å²) < 4.78 is 3.27. The minimum absolute atomic E-state index is 0.199. The van der Waals surface area contributed by atoms with Crippen LogP contribution >= 0.6 is 11.6 Å². The van der Waals surface area contributed by atoms with E-state index in [2.05, 4.69) is 15.5 Å². The van der Waals surface area contributed by atoms with Crippen molar-refractivity contribution in [1.82, 2.24) is 19.6 Å². The van der Waals surface area contributed by atoms with Gasteiger partial charge in [-0.15, -0.1) is 0 Å². The summed E-state index contributed by atoms with van der Waals surface area (Å²) in [6.07, 6.45) is 6.16. The van der Waals surface area contributed by atoms with E-state index in [-0.39, 0.29) is 10.6 Å². The van der Waals surface area contributed by atoms with E-state index in [4.69, 9.17) is 11.6 Å². The third kappa shape index (κ3) is 4.32. The van der Waals surface area contributed by atoms with Crippen molar-refractivity contribution in [1.29, 1.82) is 0 Å². The molecule has 2 aromatic rings. The van der Waals surface area contributed by atoms with Gasteiger partial charge in [-0.1, -0.05) is 25.4 Å². The number of nitrogens with one attached hydrogen (secondary N) is 1. The molecule has 0 aliphatic rings. The number of halogens is 1. The van der Waals surface area contributed by atoms with E-state index in [1.54, 1.807) is 12.4 Å². The van der Waals surface area contributed by atoms with Crippen LogP contribution in [0.15, 0.2) is 29.5 Å². The molecule has 2 aromatic heterocycles. The van der Waals surface area contributed by atoms with Crippen molar-refractivity contribution in [3.05, 3.63) is 40.0 Å². The second kappa shape index (κ2) is 7.26. The van der Waals surface area contributed by atoms with Crippen molar-refractivity contribution >= 4 is 17.3 Å². The fourth-order valence-corrected chi connectivity index (χ4v) is 2.17. The third-order valence-electron chi connectivity index (χ3n) is 2.96. The first-order valence-corrected chi connectivity index (χ1v) is 7.42.